The molecule has 0 atom stereocenters. The Morgan fingerprint density at radius 1 is 1.12 bits per heavy atom. The normalized spacial score (nSPS) is 12.6. The molecule has 86 valence electrons. The van der Waals surface area contributed by atoms with E-state index < -0.39 is 10.5 Å². The Morgan fingerprint density at radius 3 is 2.00 bits per heavy atom. The number of azo groups is 1. The standard InChI is InChI=1S/C10H13N3O3/c1-10(2,3)13(16)11-8-4-6-9(7-5-8)12(14)15/h4-7H,1-3H3. The van der Waals surface area contributed by atoms with Gasteiger partial charge in [0, 0.05) is 38.0 Å². The molecule has 6 heteroatoms. The Labute approximate surface area is 92.9 Å². The van der Waals surface area contributed by atoms with Crippen molar-refractivity contribution in [2.75, 3.05) is 0 Å². The van der Waals surface area contributed by atoms with Crippen LogP contribution in [0.4, 0.5) is 11.4 Å². The largest absolute Gasteiger partial charge is 0.599 e. The molecule has 0 radical (unpaired) electrons. The molecule has 0 N–H and O–H groups in total. The van der Waals surface area contributed by atoms with E-state index in [1.807, 2.05) is 0 Å². The molecule has 0 spiro atoms. The van der Waals surface area contributed by atoms with Crippen molar-refractivity contribution in [3.05, 3.63) is 39.6 Å². The Bertz CT molecular complexity index is 418. The van der Waals surface area contributed by atoms with E-state index in [2.05, 4.69) is 5.11 Å². The van der Waals surface area contributed by atoms with Crippen molar-refractivity contribution in [3.8, 4) is 0 Å². The van der Waals surface area contributed by atoms with E-state index in [0.29, 0.717) is 10.5 Å². The average Bonchev–Trinajstić information content (AvgIpc) is 2.17. The van der Waals surface area contributed by atoms with Crippen LogP contribution in [0.1, 0.15) is 20.8 Å². The van der Waals surface area contributed by atoms with Gasteiger partial charge in [0.15, 0.2) is 5.54 Å². The summed E-state index contributed by atoms with van der Waals surface area (Å²) in [5.74, 6) is 0. The topological polar surface area (TPSA) is 81.6 Å². The Hall–Kier alpha value is -1.98. The summed E-state index contributed by atoms with van der Waals surface area (Å²) in [5.41, 5.74) is -0.246. The van der Waals surface area contributed by atoms with E-state index in [0.717, 1.165) is 0 Å². The van der Waals surface area contributed by atoms with E-state index in [4.69, 9.17) is 0 Å². The molecule has 0 saturated heterocycles. The molecule has 0 aliphatic rings. The predicted molar refractivity (Wildman–Crippen MR) is 58.6 cm³/mol. The van der Waals surface area contributed by atoms with Gasteiger partial charge in [0.2, 0.25) is 0 Å². The van der Waals surface area contributed by atoms with Crippen molar-refractivity contribution in [3.63, 3.8) is 0 Å². The van der Waals surface area contributed by atoms with Crippen LogP contribution in [0.15, 0.2) is 29.4 Å². The molecule has 0 amide bonds. The third-order valence-electron chi connectivity index (χ3n) is 1.84. The lowest BCUT2D eigenvalue weighted by Crippen LogP contribution is -2.26. The van der Waals surface area contributed by atoms with Gasteiger partial charge in [-0.25, -0.2) is 0 Å². The highest BCUT2D eigenvalue weighted by Crippen LogP contribution is 2.19. The van der Waals surface area contributed by atoms with Crippen LogP contribution in [0.2, 0.25) is 0 Å². The molecular weight excluding hydrogens is 210 g/mol. The number of hydroxylamine groups is 1. The zero-order valence-electron chi connectivity index (χ0n) is 9.38. The molecule has 0 saturated carbocycles. The fourth-order valence-electron chi connectivity index (χ4n) is 0.896. The SMILES string of the molecule is CC(C)(C)[N+]([O-])=Nc1ccc([N+](=O)[O-])cc1. The summed E-state index contributed by atoms with van der Waals surface area (Å²) in [6, 6.07) is 5.51. The fraction of sp³-hybridized carbons (Fsp3) is 0.400. The van der Waals surface area contributed by atoms with Crippen LogP contribution in [-0.2, 0) is 0 Å². The molecule has 0 unspecified atom stereocenters. The Balaban J connectivity index is 2.96. The number of nitro groups is 1. The van der Waals surface area contributed by atoms with Crippen molar-refractivity contribution >= 4 is 11.4 Å². The molecule has 16 heavy (non-hydrogen) atoms. The van der Waals surface area contributed by atoms with Crippen molar-refractivity contribution < 1.29 is 9.78 Å². The third kappa shape index (κ3) is 3.01. The van der Waals surface area contributed by atoms with Crippen molar-refractivity contribution in [1.82, 2.24) is 0 Å². The Morgan fingerprint density at radius 2 is 1.62 bits per heavy atom. The minimum atomic E-state index is -0.623. The van der Waals surface area contributed by atoms with E-state index in [9.17, 15) is 15.3 Å². The quantitative estimate of drug-likeness (QED) is 0.334. The van der Waals surface area contributed by atoms with Crippen LogP contribution in [-0.4, -0.2) is 15.3 Å². The number of hydrogen-bond donors (Lipinski definition) is 0. The van der Waals surface area contributed by atoms with Gasteiger partial charge in [0.05, 0.1) is 4.92 Å². The molecule has 0 aromatic heterocycles. The maximum atomic E-state index is 11.5. The molecule has 0 fully saturated rings. The molecule has 1 rings (SSSR count). The summed E-state index contributed by atoms with van der Waals surface area (Å²) in [6.45, 7) is 5.19. The highest BCUT2D eigenvalue weighted by molar-refractivity contribution is 5.43. The van der Waals surface area contributed by atoms with Crippen molar-refractivity contribution in [2.24, 2.45) is 5.11 Å². The smallest absolute Gasteiger partial charge is 0.269 e. The van der Waals surface area contributed by atoms with E-state index in [1.165, 1.54) is 24.3 Å². The molecule has 1 aromatic rings. The maximum Gasteiger partial charge on any atom is 0.269 e. The molecule has 0 bridgehead atoms. The summed E-state index contributed by atoms with van der Waals surface area (Å²) in [5, 5.41) is 25.7. The first-order chi connectivity index (χ1) is 7.30. The lowest BCUT2D eigenvalue weighted by Gasteiger charge is -2.14. The van der Waals surface area contributed by atoms with Crippen LogP contribution in [0.25, 0.3) is 0 Å². The van der Waals surface area contributed by atoms with Gasteiger partial charge < -0.3 is 5.21 Å². The summed E-state index contributed by atoms with van der Waals surface area (Å²) < 4.78 is 0. The van der Waals surface area contributed by atoms with Crippen LogP contribution in [0.3, 0.4) is 0 Å². The number of hydrogen-bond acceptors (Lipinski definition) is 4. The minimum absolute atomic E-state index is 0.0212. The number of benzene rings is 1. The van der Waals surface area contributed by atoms with Crippen molar-refractivity contribution in [2.45, 2.75) is 26.3 Å². The molecule has 0 heterocycles. The summed E-state index contributed by atoms with van der Waals surface area (Å²) in [6.07, 6.45) is 0. The van der Waals surface area contributed by atoms with Crippen LogP contribution >= 0.6 is 0 Å². The van der Waals surface area contributed by atoms with Gasteiger partial charge in [-0.05, 0) is 12.1 Å². The van der Waals surface area contributed by atoms with E-state index in [1.54, 1.807) is 20.8 Å². The fourth-order valence-corrected chi connectivity index (χ4v) is 0.896. The molecule has 1 aromatic carbocycles. The maximum absolute atomic E-state index is 11.5. The second kappa shape index (κ2) is 4.26. The summed E-state index contributed by atoms with van der Waals surface area (Å²) in [4.78, 5) is 10.5. The van der Waals surface area contributed by atoms with Gasteiger partial charge >= 0.3 is 0 Å². The molecule has 6 nitrogen and oxygen atoms in total. The summed E-state index contributed by atoms with van der Waals surface area (Å²) >= 11 is 0. The second-order valence-corrected chi connectivity index (χ2v) is 4.32. The first-order valence-electron chi connectivity index (χ1n) is 4.74. The second-order valence-electron chi connectivity index (χ2n) is 4.32. The van der Waals surface area contributed by atoms with Gasteiger partial charge in [0.1, 0.15) is 5.69 Å². The monoisotopic (exact) mass is 223 g/mol. The third-order valence-corrected chi connectivity index (χ3v) is 1.84. The van der Waals surface area contributed by atoms with Crippen LogP contribution < -0.4 is 0 Å². The number of nitrogens with zero attached hydrogens (tertiary/aromatic N) is 3. The van der Waals surface area contributed by atoms with Gasteiger partial charge in [-0.1, -0.05) is 4.86 Å². The van der Waals surface area contributed by atoms with Gasteiger partial charge in [-0.15, -0.1) is 0 Å². The van der Waals surface area contributed by atoms with Crippen molar-refractivity contribution in [1.29, 1.82) is 0 Å². The number of rotatable bonds is 2. The van der Waals surface area contributed by atoms with Crippen LogP contribution in [0, 0.1) is 15.3 Å². The average molecular weight is 223 g/mol. The molecule has 0 aliphatic heterocycles. The number of nitro benzene ring substituents is 1. The predicted octanol–water partition coefficient (Wildman–Crippen LogP) is 2.99. The first kappa shape index (κ1) is 12.1. The minimum Gasteiger partial charge on any atom is -0.599 e. The lowest BCUT2D eigenvalue weighted by molar-refractivity contribution is -0.594. The van der Waals surface area contributed by atoms with Gasteiger partial charge in [-0.2, -0.15) is 0 Å². The van der Waals surface area contributed by atoms with Gasteiger partial charge in [0.25, 0.3) is 5.69 Å². The van der Waals surface area contributed by atoms with E-state index >= 15 is 0 Å². The van der Waals surface area contributed by atoms with Gasteiger partial charge in [-0.3, -0.25) is 10.1 Å². The molecular formula is C10H13N3O3. The highest BCUT2D eigenvalue weighted by atomic mass is 16.6. The Kier molecular flexibility index (Phi) is 3.22. The summed E-state index contributed by atoms with van der Waals surface area (Å²) in [7, 11) is 0. The zero-order chi connectivity index (χ0) is 12.3. The lowest BCUT2D eigenvalue weighted by atomic mass is 10.1. The number of non-ortho nitro benzene ring substituents is 1. The first-order valence-corrected chi connectivity index (χ1v) is 4.74. The van der Waals surface area contributed by atoms with E-state index in [-0.39, 0.29) is 5.69 Å². The highest BCUT2D eigenvalue weighted by Gasteiger charge is 2.20. The zero-order valence-corrected chi connectivity index (χ0v) is 9.38. The van der Waals surface area contributed by atoms with Crippen LogP contribution in [0.5, 0.6) is 0 Å². The molecule has 0 aliphatic carbocycles.